The molecule has 0 aliphatic carbocycles. The first-order valence-electron chi connectivity index (χ1n) is 6.27. The molecular formula is C14H15BrN2O4. The van der Waals surface area contributed by atoms with Gasteiger partial charge in [0.05, 0.1) is 11.5 Å². The minimum Gasteiger partial charge on any atom is -0.463 e. The topological polar surface area (TPSA) is 88.5 Å². The van der Waals surface area contributed by atoms with E-state index in [9.17, 15) is 15.2 Å². The summed E-state index contributed by atoms with van der Waals surface area (Å²) in [4.78, 5) is 10.5. The molecule has 0 aliphatic rings. The fraction of sp³-hybridized carbons (Fsp3) is 0.286. The summed E-state index contributed by atoms with van der Waals surface area (Å²) in [6.45, 7) is 3.45. The van der Waals surface area contributed by atoms with Crippen LogP contribution in [0.2, 0.25) is 0 Å². The first-order chi connectivity index (χ1) is 9.79. The number of rotatable bonds is 5. The maximum atomic E-state index is 11.0. The van der Waals surface area contributed by atoms with Crippen LogP contribution >= 0.6 is 15.9 Å². The molecule has 21 heavy (non-hydrogen) atoms. The number of hydrogen-bond acceptors (Lipinski definition) is 5. The van der Waals surface area contributed by atoms with E-state index >= 15 is 0 Å². The van der Waals surface area contributed by atoms with Crippen LogP contribution < -0.4 is 5.32 Å². The van der Waals surface area contributed by atoms with Gasteiger partial charge in [-0.1, -0.05) is 15.9 Å². The number of aliphatic hydroxyl groups is 1. The Bertz CT molecular complexity index is 667. The van der Waals surface area contributed by atoms with Crippen LogP contribution in [0.4, 0.5) is 11.4 Å². The molecule has 0 radical (unpaired) electrons. The van der Waals surface area contributed by atoms with Crippen molar-refractivity contribution in [2.45, 2.75) is 19.4 Å². The van der Waals surface area contributed by atoms with Crippen molar-refractivity contribution in [1.82, 2.24) is 0 Å². The third-order valence-electron chi connectivity index (χ3n) is 3.05. The molecule has 1 atom stereocenters. The third-order valence-corrected chi connectivity index (χ3v) is 3.54. The molecule has 7 heteroatoms. The first kappa shape index (κ1) is 15.5. The van der Waals surface area contributed by atoms with E-state index in [1.54, 1.807) is 38.1 Å². The van der Waals surface area contributed by atoms with Crippen molar-refractivity contribution in [3.8, 4) is 0 Å². The van der Waals surface area contributed by atoms with Crippen molar-refractivity contribution in [3.05, 3.63) is 56.4 Å². The second-order valence-electron chi connectivity index (χ2n) is 4.96. The summed E-state index contributed by atoms with van der Waals surface area (Å²) in [5.74, 6) is 1.10. The maximum Gasteiger partial charge on any atom is 0.292 e. The zero-order valence-electron chi connectivity index (χ0n) is 11.6. The van der Waals surface area contributed by atoms with Crippen LogP contribution in [-0.2, 0) is 5.60 Å². The SMILES string of the molecule is Cc1ccc(C(C)(O)CNc2cc(Br)ccc2[N+](=O)[O-])o1. The van der Waals surface area contributed by atoms with Crippen molar-refractivity contribution in [1.29, 1.82) is 0 Å². The molecule has 2 rings (SSSR count). The summed E-state index contributed by atoms with van der Waals surface area (Å²) >= 11 is 3.27. The van der Waals surface area contributed by atoms with Crippen LogP contribution in [-0.4, -0.2) is 16.6 Å². The van der Waals surface area contributed by atoms with Gasteiger partial charge >= 0.3 is 0 Å². The highest BCUT2D eigenvalue weighted by atomic mass is 79.9. The van der Waals surface area contributed by atoms with Gasteiger partial charge in [0.25, 0.3) is 5.69 Å². The molecule has 6 nitrogen and oxygen atoms in total. The van der Waals surface area contributed by atoms with Gasteiger partial charge in [0.15, 0.2) is 0 Å². The highest BCUT2D eigenvalue weighted by Gasteiger charge is 2.27. The smallest absolute Gasteiger partial charge is 0.292 e. The molecule has 2 N–H and O–H groups in total. The van der Waals surface area contributed by atoms with E-state index in [4.69, 9.17) is 4.42 Å². The Morgan fingerprint density at radius 1 is 1.43 bits per heavy atom. The van der Waals surface area contributed by atoms with Crippen molar-refractivity contribution in [2.24, 2.45) is 0 Å². The molecule has 0 aliphatic heterocycles. The van der Waals surface area contributed by atoms with Gasteiger partial charge in [0.1, 0.15) is 22.8 Å². The summed E-state index contributed by atoms with van der Waals surface area (Å²) in [5, 5.41) is 24.3. The molecule has 1 aromatic carbocycles. The van der Waals surface area contributed by atoms with Gasteiger partial charge in [-0.05, 0) is 38.1 Å². The number of nitrogens with zero attached hydrogens (tertiary/aromatic N) is 1. The van der Waals surface area contributed by atoms with Crippen LogP contribution in [0.1, 0.15) is 18.4 Å². The molecule has 1 heterocycles. The number of hydrogen-bond donors (Lipinski definition) is 2. The molecule has 0 saturated heterocycles. The summed E-state index contributed by atoms with van der Waals surface area (Å²) in [7, 11) is 0. The lowest BCUT2D eigenvalue weighted by molar-refractivity contribution is -0.384. The Morgan fingerprint density at radius 2 is 2.14 bits per heavy atom. The van der Waals surface area contributed by atoms with E-state index in [0.29, 0.717) is 21.7 Å². The summed E-state index contributed by atoms with van der Waals surface area (Å²) in [5.41, 5.74) is -0.993. The van der Waals surface area contributed by atoms with E-state index in [0.717, 1.165) is 0 Å². The average Bonchev–Trinajstić information content (AvgIpc) is 2.84. The summed E-state index contributed by atoms with van der Waals surface area (Å²) < 4.78 is 6.12. The van der Waals surface area contributed by atoms with Crippen molar-refractivity contribution >= 4 is 27.3 Å². The van der Waals surface area contributed by atoms with Gasteiger partial charge in [-0.25, -0.2) is 0 Å². The zero-order chi connectivity index (χ0) is 15.6. The molecule has 1 aromatic heterocycles. The number of nitro benzene ring substituents is 1. The zero-order valence-corrected chi connectivity index (χ0v) is 13.2. The van der Waals surface area contributed by atoms with Gasteiger partial charge in [0, 0.05) is 10.5 Å². The number of furan rings is 1. The standard InChI is InChI=1S/C14H15BrN2O4/c1-9-3-6-13(21-9)14(2,18)8-16-11-7-10(15)4-5-12(11)17(19)20/h3-7,16,18H,8H2,1-2H3. The van der Waals surface area contributed by atoms with Gasteiger partial charge in [-0.15, -0.1) is 0 Å². The van der Waals surface area contributed by atoms with E-state index in [1.165, 1.54) is 6.07 Å². The normalized spacial score (nSPS) is 13.7. The van der Waals surface area contributed by atoms with E-state index in [-0.39, 0.29) is 12.2 Å². The molecular weight excluding hydrogens is 340 g/mol. The number of nitrogens with one attached hydrogen (secondary N) is 1. The quantitative estimate of drug-likeness (QED) is 0.632. The highest BCUT2D eigenvalue weighted by Crippen LogP contribution is 2.30. The Morgan fingerprint density at radius 3 is 2.71 bits per heavy atom. The van der Waals surface area contributed by atoms with Gasteiger partial charge in [-0.3, -0.25) is 10.1 Å². The second-order valence-corrected chi connectivity index (χ2v) is 5.87. The minimum atomic E-state index is -1.27. The maximum absolute atomic E-state index is 11.0. The number of nitro groups is 1. The number of benzene rings is 1. The molecule has 2 aromatic rings. The molecule has 1 unspecified atom stereocenters. The van der Waals surface area contributed by atoms with Gasteiger partial charge in [-0.2, -0.15) is 0 Å². The molecule has 0 amide bonds. The molecule has 0 bridgehead atoms. The predicted octanol–water partition coefficient (Wildman–Crippen LogP) is 3.58. The molecule has 0 spiro atoms. The predicted molar refractivity (Wildman–Crippen MR) is 82.3 cm³/mol. The monoisotopic (exact) mass is 354 g/mol. The Labute approximate surface area is 130 Å². The fourth-order valence-corrected chi connectivity index (χ4v) is 2.25. The van der Waals surface area contributed by atoms with Crippen LogP contribution in [0, 0.1) is 17.0 Å². The van der Waals surface area contributed by atoms with Crippen molar-refractivity contribution in [3.63, 3.8) is 0 Å². The Balaban J connectivity index is 2.19. The lowest BCUT2D eigenvalue weighted by Crippen LogP contribution is -2.30. The first-order valence-corrected chi connectivity index (χ1v) is 7.06. The number of halogens is 1. The number of anilines is 1. The molecule has 0 fully saturated rings. The fourth-order valence-electron chi connectivity index (χ4n) is 1.89. The summed E-state index contributed by atoms with van der Waals surface area (Å²) in [6, 6.07) is 8.04. The highest BCUT2D eigenvalue weighted by molar-refractivity contribution is 9.10. The number of aryl methyl sites for hydroxylation is 1. The van der Waals surface area contributed by atoms with Crippen molar-refractivity contribution < 1.29 is 14.4 Å². The third kappa shape index (κ3) is 3.62. The van der Waals surface area contributed by atoms with Crippen LogP contribution in [0.3, 0.4) is 0 Å². The van der Waals surface area contributed by atoms with Gasteiger partial charge in [0.2, 0.25) is 0 Å². The Hall–Kier alpha value is -1.86. The second kappa shape index (κ2) is 5.87. The average molecular weight is 355 g/mol. The lowest BCUT2D eigenvalue weighted by Gasteiger charge is -2.22. The van der Waals surface area contributed by atoms with Crippen molar-refractivity contribution in [2.75, 3.05) is 11.9 Å². The molecule has 112 valence electrons. The minimum absolute atomic E-state index is 0.0513. The van der Waals surface area contributed by atoms with E-state index < -0.39 is 10.5 Å². The van der Waals surface area contributed by atoms with Gasteiger partial charge < -0.3 is 14.8 Å². The van der Waals surface area contributed by atoms with Crippen LogP contribution in [0.15, 0.2) is 39.2 Å². The van der Waals surface area contributed by atoms with E-state index in [2.05, 4.69) is 21.2 Å². The van der Waals surface area contributed by atoms with E-state index in [1.807, 2.05) is 0 Å². The largest absolute Gasteiger partial charge is 0.463 e. The molecule has 0 saturated carbocycles. The Kier molecular flexibility index (Phi) is 4.34. The van der Waals surface area contributed by atoms with Crippen LogP contribution in [0.25, 0.3) is 0 Å². The lowest BCUT2D eigenvalue weighted by atomic mass is 10.0. The summed E-state index contributed by atoms with van der Waals surface area (Å²) in [6.07, 6.45) is 0. The van der Waals surface area contributed by atoms with Crippen LogP contribution in [0.5, 0.6) is 0 Å².